The van der Waals surface area contributed by atoms with Gasteiger partial charge in [0, 0.05) is 42.3 Å². The molecule has 0 amide bonds. The highest BCUT2D eigenvalue weighted by Crippen LogP contribution is 2.21. The maximum absolute atomic E-state index is 11.5. The van der Waals surface area contributed by atoms with Crippen molar-refractivity contribution in [2.75, 3.05) is 25.0 Å². The lowest BCUT2D eigenvalue weighted by atomic mass is 10.1. The lowest BCUT2D eigenvalue weighted by Gasteiger charge is -2.32. The summed E-state index contributed by atoms with van der Waals surface area (Å²) >= 11 is 5.44. The third kappa shape index (κ3) is 4.58. The molecule has 0 unspecified atom stereocenters. The van der Waals surface area contributed by atoms with Gasteiger partial charge in [0.2, 0.25) is 0 Å². The van der Waals surface area contributed by atoms with E-state index < -0.39 is 0 Å². The van der Waals surface area contributed by atoms with Crippen LogP contribution < -0.4 is 16.3 Å². The van der Waals surface area contributed by atoms with E-state index in [9.17, 15) is 4.79 Å². The van der Waals surface area contributed by atoms with Crippen LogP contribution in [0.25, 0.3) is 11.0 Å². The van der Waals surface area contributed by atoms with Gasteiger partial charge in [0.1, 0.15) is 5.58 Å². The summed E-state index contributed by atoms with van der Waals surface area (Å²) in [5.74, 6) is 0. The molecule has 1 saturated heterocycles. The standard InChI is InChI=1S/C19H25N3O2S/c1-3-8-22-9-6-14(7-10-22)20-19(25)21-15-4-5-16-13(2)11-18(23)24-17(16)12-15/h4-5,11-12,14H,3,6-10H2,1-2H3,(H2,20,21,25). The van der Waals surface area contributed by atoms with E-state index in [1.807, 2.05) is 25.1 Å². The summed E-state index contributed by atoms with van der Waals surface area (Å²) in [7, 11) is 0. The molecule has 0 aliphatic carbocycles. The van der Waals surface area contributed by atoms with Gasteiger partial charge in [-0.05, 0) is 62.6 Å². The number of hydrogen-bond donors (Lipinski definition) is 2. The second kappa shape index (κ2) is 7.97. The summed E-state index contributed by atoms with van der Waals surface area (Å²) in [5.41, 5.74) is 1.98. The predicted molar refractivity (Wildman–Crippen MR) is 106 cm³/mol. The van der Waals surface area contributed by atoms with Gasteiger partial charge in [-0.25, -0.2) is 4.79 Å². The summed E-state index contributed by atoms with van der Waals surface area (Å²) in [6.45, 7) is 7.54. The molecule has 1 aromatic heterocycles. The molecular formula is C19H25N3O2S. The lowest BCUT2D eigenvalue weighted by molar-refractivity contribution is 0.207. The van der Waals surface area contributed by atoms with Crippen molar-refractivity contribution in [3.63, 3.8) is 0 Å². The molecule has 0 spiro atoms. The molecule has 2 N–H and O–H groups in total. The Bertz CT molecular complexity index is 810. The Balaban J connectivity index is 1.60. The zero-order valence-electron chi connectivity index (χ0n) is 14.8. The van der Waals surface area contributed by atoms with E-state index >= 15 is 0 Å². The number of thiocarbonyl (C=S) groups is 1. The molecule has 1 fully saturated rings. The second-order valence-corrected chi connectivity index (χ2v) is 7.08. The van der Waals surface area contributed by atoms with Crippen molar-refractivity contribution in [1.29, 1.82) is 0 Å². The van der Waals surface area contributed by atoms with Crippen LogP contribution in [0.1, 0.15) is 31.7 Å². The van der Waals surface area contributed by atoms with Crippen LogP contribution in [-0.4, -0.2) is 35.7 Å². The molecule has 0 saturated carbocycles. The topological polar surface area (TPSA) is 57.5 Å². The van der Waals surface area contributed by atoms with Crippen molar-refractivity contribution in [3.05, 3.63) is 40.2 Å². The van der Waals surface area contributed by atoms with Crippen LogP contribution in [0.5, 0.6) is 0 Å². The molecule has 1 aromatic carbocycles. The fourth-order valence-corrected chi connectivity index (χ4v) is 3.66. The quantitative estimate of drug-likeness (QED) is 0.645. The van der Waals surface area contributed by atoms with E-state index in [4.69, 9.17) is 16.6 Å². The predicted octanol–water partition coefficient (Wildman–Crippen LogP) is 3.26. The first-order chi connectivity index (χ1) is 12.0. The normalized spacial score (nSPS) is 16.1. The van der Waals surface area contributed by atoms with E-state index in [1.54, 1.807) is 0 Å². The van der Waals surface area contributed by atoms with E-state index in [0.717, 1.165) is 42.6 Å². The first kappa shape index (κ1) is 17.9. The van der Waals surface area contributed by atoms with E-state index in [0.29, 0.717) is 16.7 Å². The van der Waals surface area contributed by atoms with Crippen molar-refractivity contribution in [2.45, 2.75) is 39.2 Å². The summed E-state index contributed by atoms with van der Waals surface area (Å²) in [6.07, 6.45) is 3.41. The summed E-state index contributed by atoms with van der Waals surface area (Å²) < 4.78 is 5.28. The maximum atomic E-state index is 11.5. The fraction of sp³-hybridized carbons (Fsp3) is 0.474. The molecule has 2 aromatic rings. The van der Waals surface area contributed by atoms with Gasteiger partial charge in [-0.1, -0.05) is 6.92 Å². The molecule has 1 aliphatic rings. The molecule has 134 valence electrons. The van der Waals surface area contributed by atoms with Crippen LogP contribution in [0.4, 0.5) is 5.69 Å². The number of fused-ring (bicyclic) bond motifs is 1. The minimum Gasteiger partial charge on any atom is -0.423 e. The number of aryl methyl sites for hydroxylation is 1. The van der Waals surface area contributed by atoms with Crippen LogP contribution >= 0.6 is 12.2 Å². The van der Waals surface area contributed by atoms with Gasteiger partial charge in [0.25, 0.3) is 0 Å². The van der Waals surface area contributed by atoms with Gasteiger partial charge in [-0.3, -0.25) is 0 Å². The molecule has 3 rings (SSSR count). The Morgan fingerprint density at radius 3 is 2.80 bits per heavy atom. The smallest absolute Gasteiger partial charge is 0.336 e. The molecule has 6 heteroatoms. The number of hydrogen-bond acceptors (Lipinski definition) is 4. The highest BCUT2D eigenvalue weighted by molar-refractivity contribution is 7.80. The first-order valence-corrected chi connectivity index (χ1v) is 9.30. The van der Waals surface area contributed by atoms with Crippen molar-refractivity contribution in [1.82, 2.24) is 10.2 Å². The Labute approximate surface area is 153 Å². The SMILES string of the molecule is CCCN1CCC(NC(=S)Nc2ccc3c(C)cc(=O)oc3c2)CC1. The van der Waals surface area contributed by atoms with Gasteiger partial charge < -0.3 is 20.0 Å². The van der Waals surface area contributed by atoms with Gasteiger partial charge in [0.15, 0.2) is 5.11 Å². The third-order valence-electron chi connectivity index (χ3n) is 4.67. The molecule has 0 bridgehead atoms. The van der Waals surface area contributed by atoms with Crippen molar-refractivity contribution >= 4 is 34.0 Å². The second-order valence-electron chi connectivity index (χ2n) is 6.67. The lowest BCUT2D eigenvalue weighted by Crippen LogP contribution is -2.45. The Kier molecular flexibility index (Phi) is 5.71. The minimum atomic E-state index is -0.332. The van der Waals surface area contributed by atoms with Gasteiger partial charge in [-0.15, -0.1) is 0 Å². The van der Waals surface area contributed by atoms with Crippen LogP contribution in [0, 0.1) is 6.92 Å². The number of nitrogens with one attached hydrogen (secondary N) is 2. The Hall–Kier alpha value is -1.92. The van der Waals surface area contributed by atoms with Gasteiger partial charge in [-0.2, -0.15) is 0 Å². The Morgan fingerprint density at radius 1 is 1.32 bits per heavy atom. The summed E-state index contributed by atoms with van der Waals surface area (Å²) in [5, 5.41) is 8.15. The summed E-state index contributed by atoms with van der Waals surface area (Å²) in [4.78, 5) is 14.0. The largest absolute Gasteiger partial charge is 0.423 e. The zero-order chi connectivity index (χ0) is 17.8. The van der Waals surface area contributed by atoms with Crippen molar-refractivity contribution in [3.8, 4) is 0 Å². The number of anilines is 1. The number of benzene rings is 1. The number of likely N-dealkylation sites (tertiary alicyclic amines) is 1. The molecular weight excluding hydrogens is 334 g/mol. The van der Waals surface area contributed by atoms with Crippen LogP contribution in [-0.2, 0) is 0 Å². The molecule has 25 heavy (non-hydrogen) atoms. The first-order valence-electron chi connectivity index (χ1n) is 8.89. The van der Waals surface area contributed by atoms with Crippen LogP contribution in [0.15, 0.2) is 33.5 Å². The highest BCUT2D eigenvalue weighted by Gasteiger charge is 2.19. The third-order valence-corrected chi connectivity index (χ3v) is 4.89. The average molecular weight is 359 g/mol. The maximum Gasteiger partial charge on any atom is 0.336 e. The van der Waals surface area contributed by atoms with Gasteiger partial charge in [0.05, 0.1) is 0 Å². The van der Waals surface area contributed by atoms with E-state index in [2.05, 4.69) is 22.5 Å². The molecule has 0 radical (unpaired) electrons. The molecule has 2 heterocycles. The highest BCUT2D eigenvalue weighted by atomic mass is 32.1. The summed E-state index contributed by atoms with van der Waals surface area (Å²) in [6, 6.07) is 7.64. The van der Waals surface area contributed by atoms with E-state index in [-0.39, 0.29) is 5.63 Å². The number of piperidine rings is 1. The molecule has 1 aliphatic heterocycles. The molecule has 5 nitrogen and oxygen atoms in total. The Morgan fingerprint density at radius 2 is 2.08 bits per heavy atom. The van der Waals surface area contributed by atoms with Crippen molar-refractivity contribution < 1.29 is 4.42 Å². The number of rotatable bonds is 4. The van der Waals surface area contributed by atoms with Crippen LogP contribution in [0.3, 0.4) is 0 Å². The average Bonchev–Trinajstić information content (AvgIpc) is 2.56. The fourth-order valence-electron chi connectivity index (χ4n) is 3.37. The zero-order valence-corrected chi connectivity index (χ0v) is 15.6. The van der Waals surface area contributed by atoms with Gasteiger partial charge >= 0.3 is 5.63 Å². The monoisotopic (exact) mass is 359 g/mol. The minimum absolute atomic E-state index is 0.332. The van der Waals surface area contributed by atoms with Crippen LogP contribution in [0.2, 0.25) is 0 Å². The van der Waals surface area contributed by atoms with Crippen molar-refractivity contribution in [2.24, 2.45) is 0 Å². The van der Waals surface area contributed by atoms with E-state index in [1.165, 1.54) is 19.0 Å². The molecule has 0 atom stereocenters. The number of nitrogens with zero attached hydrogens (tertiary/aromatic N) is 1.